The lowest BCUT2D eigenvalue weighted by Crippen LogP contribution is -1.92. The van der Waals surface area contributed by atoms with E-state index in [2.05, 4.69) is 19.6 Å². The molecule has 0 radical (unpaired) electrons. The van der Waals surface area contributed by atoms with E-state index in [4.69, 9.17) is 0 Å². The maximum Gasteiger partial charge on any atom is 0.00674 e. The SMILES string of the molecule is C=CCCC([SiH3])CCCCCCCCCCCCCCCCC. The topological polar surface area (TPSA) is 0 Å². The van der Waals surface area contributed by atoms with Gasteiger partial charge in [-0.25, -0.2) is 0 Å². The molecule has 0 aromatic carbocycles. The van der Waals surface area contributed by atoms with E-state index in [1.165, 1.54) is 126 Å². The predicted octanol–water partition coefficient (Wildman–Crippen LogP) is 7.37. The Morgan fingerprint density at radius 3 is 1.43 bits per heavy atom. The zero-order valence-corrected chi connectivity index (χ0v) is 18.6. The fourth-order valence-corrected chi connectivity index (χ4v) is 4.15. The van der Waals surface area contributed by atoms with Gasteiger partial charge in [0.25, 0.3) is 0 Å². The molecule has 0 aliphatic rings. The maximum atomic E-state index is 3.82. The summed E-state index contributed by atoms with van der Waals surface area (Å²) in [5.41, 5.74) is 1.04. The third-order valence-electron chi connectivity index (χ3n) is 5.16. The van der Waals surface area contributed by atoms with Gasteiger partial charge in [-0.1, -0.05) is 128 Å². The molecule has 0 aromatic heterocycles. The highest BCUT2D eigenvalue weighted by Crippen LogP contribution is 2.19. The highest BCUT2D eigenvalue weighted by Gasteiger charge is 2.00. The van der Waals surface area contributed by atoms with Crippen LogP contribution in [-0.4, -0.2) is 10.2 Å². The average Bonchev–Trinajstić information content (AvgIpc) is 2.56. The minimum atomic E-state index is 1.04. The quantitative estimate of drug-likeness (QED) is 0.131. The van der Waals surface area contributed by atoms with Gasteiger partial charge in [-0.3, -0.25) is 0 Å². The van der Waals surface area contributed by atoms with Gasteiger partial charge in [-0.15, -0.1) is 6.58 Å². The van der Waals surface area contributed by atoms with Crippen LogP contribution in [0.1, 0.15) is 122 Å². The molecule has 0 N–H and O–H groups in total. The third kappa shape index (κ3) is 19.9. The molecule has 0 rings (SSSR count). The molecule has 0 bridgehead atoms. The molecule has 0 saturated heterocycles. The van der Waals surface area contributed by atoms with Crippen molar-refractivity contribution in [3.05, 3.63) is 12.7 Å². The van der Waals surface area contributed by atoms with Crippen molar-refractivity contribution in [3.63, 3.8) is 0 Å². The molecule has 1 heteroatoms. The molecule has 1 atom stereocenters. The summed E-state index contributed by atoms with van der Waals surface area (Å²) in [7, 11) is 1.38. The van der Waals surface area contributed by atoms with Gasteiger partial charge in [-0.2, -0.15) is 0 Å². The van der Waals surface area contributed by atoms with Crippen LogP contribution in [0, 0.1) is 0 Å². The first-order chi connectivity index (χ1) is 11.3. The van der Waals surface area contributed by atoms with E-state index >= 15 is 0 Å². The van der Waals surface area contributed by atoms with Gasteiger partial charge in [0.2, 0.25) is 0 Å². The second-order valence-electron chi connectivity index (χ2n) is 7.71. The van der Waals surface area contributed by atoms with Gasteiger partial charge in [-0.05, 0) is 6.42 Å². The molecule has 0 aliphatic heterocycles. The van der Waals surface area contributed by atoms with Crippen LogP contribution in [0.25, 0.3) is 0 Å². The first-order valence-corrected chi connectivity index (χ1v) is 12.1. The summed E-state index contributed by atoms with van der Waals surface area (Å²) in [5, 5.41) is 0. The fraction of sp³-hybridized carbons (Fsp3) is 0.909. The normalized spacial score (nSPS) is 12.6. The van der Waals surface area contributed by atoms with Crippen LogP contribution in [0.2, 0.25) is 5.54 Å². The summed E-state index contributed by atoms with van der Waals surface area (Å²) >= 11 is 0. The van der Waals surface area contributed by atoms with Crippen molar-refractivity contribution < 1.29 is 0 Å². The number of hydrogen-bond donors (Lipinski definition) is 0. The van der Waals surface area contributed by atoms with Gasteiger partial charge in [0.1, 0.15) is 0 Å². The molecule has 23 heavy (non-hydrogen) atoms. The Labute approximate surface area is 151 Å². The Bertz CT molecular complexity index is 224. The molecule has 138 valence electrons. The lowest BCUT2D eigenvalue weighted by molar-refractivity contribution is 0.525. The third-order valence-corrected chi connectivity index (χ3v) is 6.32. The van der Waals surface area contributed by atoms with Gasteiger partial charge < -0.3 is 0 Å². The minimum absolute atomic E-state index is 1.04. The number of allylic oxidation sites excluding steroid dienone is 1. The highest BCUT2D eigenvalue weighted by molar-refractivity contribution is 6.11. The summed E-state index contributed by atoms with van der Waals surface area (Å²) in [6.45, 7) is 6.12. The Morgan fingerprint density at radius 2 is 1.04 bits per heavy atom. The Morgan fingerprint density at radius 1 is 0.652 bits per heavy atom. The molecular weight excluding hydrogens is 292 g/mol. The van der Waals surface area contributed by atoms with Crippen molar-refractivity contribution in [1.29, 1.82) is 0 Å². The van der Waals surface area contributed by atoms with Crippen LogP contribution in [0.15, 0.2) is 12.7 Å². The van der Waals surface area contributed by atoms with Crippen LogP contribution in [-0.2, 0) is 0 Å². The molecule has 0 saturated carbocycles. The van der Waals surface area contributed by atoms with Gasteiger partial charge in [0, 0.05) is 10.2 Å². The average molecular weight is 339 g/mol. The predicted molar refractivity (Wildman–Crippen MR) is 113 cm³/mol. The molecule has 0 spiro atoms. The van der Waals surface area contributed by atoms with Crippen LogP contribution in [0.3, 0.4) is 0 Å². The monoisotopic (exact) mass is 338 g/mol. The summed E-state index contributed by atoms with van der Waals surface area (Å²) in [6.07, 6.45) is 28.2. The second kappa shape index (κ2) is 20.0. The zero-order chi connectivity index (χ0) is 17.0. The smallest absolute Gasteiger partial charge is 0.00674 e. The van der Waals surface area contributed by atoms with Crippen molar-refractivity contribution in [2.45, 2.75) is 128 Å². The standard InChI is InChI=1S/C22H46Si/c1-3-5-7-8-9-10-11-12-13-14-15-16-17-18-19-21-22(23)20-6-4-2/h4,22H,2-3,5-21H2,1,23H3. The largest absolute Gasteiger partial charge is 0.103 e. The Kier molecular flexibility index (Phi) is 20.0. The van der Waals surface area contributed by atoms with Gasteiger partial charge >= 0.3 is 0 Å². The van der Waals surface area contributed by atoms with E-state index in [0.717, 1.165) is 5.54 Å². The van der Waals surface area contributed by atoms with Crippen LogP contribution >= 0.6 is 0 Å². The lowest BCUT2D eigenvalue weighted by Gasteiger charge is -2.09. The summed E-state index contributed by atoms with van der Waals surface area (Å²) in [4.78, 5) is 0. The molecule has 1 unspecified atom stereocenters. The van der Waals surface area contributed by atoms with Crippen molar-refractivity contribution in [3.8, 4) is 0 Å². The Hall–Kier alpha value is -0.0431. The van der Waals surface area contributed by atoms with Crippen molar-refractivity contribution in [2.75, 3.05) is 0 Å². The van der Waals surface area contributed by atoms with E-state index in [9.17, 15) is 0 Å². The fourth-order valence-electron chi connectivity index (χ4n) is 3.41. The van der Waals surface area contributed by atoms with E-state index in [1.54, 1.807) is 0 Å². The molecule has 0 aromatic rings. The van der Waals surface area contributed by atoms with Crippen LogP contribution in [0.5, 0.6) is 0 Å². The molecule has 0 heterocycles. The molecule has 0 fully saturated rings. The molecule has 0 amide bonds. The lowest BCUT2D eigenvalue weighted by atomic mass is 10.0. The summed E-state index contributed by atoms with van der Waals surface area (Å²) < 4.78 is 0. The van der Waals surface area contributed by atoms with E-state index in [0.29, 0.717) is 0 Å². The highest BCUT2D eigenvalue weighted by atomic mass is 28.1. The minimum Gasteiger partial charge on any atom is -0.103 e. The molecule has 0 aliphatic carbocycles. The van der Waals surface area contributed by atoms with Crippen LogP contribution < -0.4 is 0 Å². The number of rotatable bonds is 19. The first-order valence-electron chi connectivity index (χ1n) is 10.9. The van der Waals surface area contributed by atoms with Crippen LogP contribution in [0.4, 0.5) is 0 Å². The van der Waals surface area contributed by atoms with E-state index in [1.807, 2.05) is 0 Å². The summed E-state index contributed by atoms with van der Waals surface area (Å²) in [5.74, 6) is 0. The second-order valence-corrected chi connectivity index (χ2v) is 9.34. The number of hydrogen-bond acceptors (Lipinski definition) is 0. The maximum absolute atomic E-state index is 3.82. The van der Waals surface area contributed by atoms with Crippen molar-refractivity contribution >= 4 is 10.2 Å². The van der Waals surface area contributed by atoms with Crippen molar-refractivity contribution in [1.82, 2.24) is 0 Å². The van der Waals surface area contributed by atoms with E-state index in [-0.39, 0.29) is 0 Å². The molecule has 0 nitrogen and oxygen atoms in total. The first kappa shape index (κ1) is 23.0. The van der Waals surface area contributed by atoms with Crippen molar-refractivity contribution in [2.24, 2.45) is 0 Å². The Balaban J connectivity index is 3.03. The van der Waals surface area contributed by atoms with Gasteiger partial charge in [0.15, 0.2) is 0 Å². The van der Waals surface area contributed by atoms with E-state index < -0.39 is 0 Å². The molecular formula is C22H46Si. The summed E-state index contributed by atoms with van der Waals surface area (Å²) in [6, 6.07) is 0. The van der Waals surface area contributed by atoms with Gasteiger partial charge in [0.05, 0.1) is 0 Å². The number of unbranched alkanes of at least 4 members (excludes halogenated alkanes) is 14. The zero-order valence-electron chi connectivity index (χ0n) is 16.6.